The highest BCUT2D eigenvalue weighted by molar-refractivity contribution is 5.77. The van der Waals surface area contributed by atoms with Crippen LogP contribution in [0, 0.1) is 5.41 Å². The van der Waals surface area contributed by atoms with E-state index < -0.39 is 11.4 Å². The van der Waals surface area contributed by atoms with E-state index in [4.69, 9.17) is 0 Å². The lowest BCUT2D eigenvalue weighted by molar-refractivity contribution is -0.151. The molecule has 1 N–H and O–H groups in total. The average molecular weight is 273 g/mol. The van der Waals surface area contributed by atoms with Crippen molar-refractivity contribution in [2.24, 2.45) is 12.5 Å². The van der Waals surface area contributed by atoms with Gasteiger partial charge in [-0.1, -0.05) is 19.3 Å². The summed E-state index contributed by atoms with van der Waals surface area (Å²) >= 11 is 0. The van der Waals surface area contributed by atoms with Crippen LogP contribution in [-0.4, -0.2) is 25.6 Å². The second-order valence-electron chi connectivity index (χ2n) is 5.77. The Labute approximate surface area is 117 Å². The van der Waals surface area contributed by atoms with Crippen molar-refractivity contribution in [2.75, 3.05) is 0 Å². The third kappa shape index (κ3) is 2.07. The first-order chi connectivity index (χ1) is 9.62. The van der Waals surface area contributed by atoms with Crippen LogP contribution < -0.4 is 0 Å². The fourth-order valence-electron chi connectivity index (χ4n) is 3.26. The Kier molecular flexibility index (Phi) is 3.20. The summed E-state index contributed by atoms with van der Waals surface area (Å²) in [6.07, 6.45) is 8.62. The standard InChI is InChI=1S/C15H19N3O2/c1-18-12-5-8-16-10-11(12)17-13(18)9-15(14(19)20)6-3-2-4-7-15/h5,8,10H,2-4,6-7,9H2,1H3,(H,19,20). The number of hydrogen-bond donors (Lipinski definition) is 1. The van der Waals surface area contributed by atoms with Crippen LogP contribution in [0.15, 0.2) is 18.5 Å². The van der Waals surface area contributed by atoms with Gasteiger partial charge in [0.15, 0.2) is 0 Å². The van der Waals surface area contributed by atoms with E-state index in [9.17, 15) is 9.90 Å². The molecule has 0 aromatic carbocycles. The number of carboxylic acid groups (broad SMARTS) is 1. The molecule has 0 radical (unpaired) electrons. The van der Waals surface area contributed by atoms with Gasteiger partial charge in [0, 0.05) is 19.7 Å². The van der Waals surface area contributed by atoms with Crippen LogP contribution in [0.5, 0.6) is 0 Å². The number of imidazole rings is 1. The van der Waals surface area contributed by atoms with E-state index in [1.807, 2.05) is 17.7 Å². The molecule has 3 rings (SSSR count). The van der Waals surface area contributed by atoms with E-state index in [1.165, 1.54) is 0 Å². The first-order valence-electron chi connectivity index (χ1n) is 7.11. The zero-order chi connectivity index (χ0) is 14.2. The van der Waals surface area contributed by atoms with Gasteiger partial charge in [0.1, 0.15) is 11.3 Å². The van der Waals surface area contributed by atoms with Gasteiger partial charge in [0.05, 0.1) is 17.1 Å². The zero-order valence-corrected chi connectivity index (χ0v) is 11.7. The number of rotatable bonds is 3. The zero-order valence-electron chi connectivity index (χ0n) is 11.7. The minimum Gasteiger partial charge on any atom is -0.481 e. The number of carbonyl (C=O) groups is 1. The monoisotopic (exact) mass is 273 g/mol. The van der Waals surface area contributed by atoms with Crippen LogP contribution in [0.1, 0.15) is 37.9 Å². The van der Waals surface area contributed by atoms with Crippen molar-refractivity contribution in [3.63, 3.8) is 0 Å². The molecule has 5 nitrogen and oxygen atoms in total. The van der Waals surface area contributed by atoms with Gasteiger partial charge in [-0.2, -0.15) is 0 Å². The predicted molar refractivity (Wildman–Crippen MR) is 75.4 cm³/mol. The number of pyridine rings is 1. The maximum Gasteiger partial charge on any atom is 0.310 e. The Hall–Kier alpha value is -1.91. The van der Waals surface area contributed by atoms with Gasteiger partial charge in [-0.3, -0.25) is 9.78 Å². The number of nitrogens with zero attached hydrogens (tertiary/aromatic N) is 3. The Balaban J connectivity index is 1.98. The summed E-state index contributed by atoms with van der Waals surface area (Å²) in [5.74, 6) is 0.166. The second kappa shape index (κ2) is 4.89. The van der Waals surface area contributed by atoms with Crippen LogP contribution >= 0.6 is 0 Å². The van der Waals surface area contributed by atoms with Crippen LogP contribution in [0.4, 0.5) is 0 Å². The van der Waals surface area contributed by atoms with E-state index >= 15 is 0 Å². The highest BCUT2D eigenvalue weighted by Gasteiger charge is 2.40. The molecule has 0 unspecified atom stereocenters. The number of aryl methyl sites for hydroxylation is 1. The van der Waals surface area contributed by atoms with Crippen LogP contribution in [0.25, 0.3) is 11.0 Å². The molecule has 1 saturated carbocycles. The number of hydrogen-bond acceptors (Lipinski definition) is 3. The minimum atomic E-state index is -0.678. The number of aromatic nitrogens is 3. The Morgan fingerprint density at radius 1 is 1.40 bits per heavy atom. The third-order valence-electron chi connectivity index (χ3n) is 4.54. The Morgan fingerprint density at radius 2 is 2.15 bits per heavy atom. The number of carboxylic acids is 1. The van der Waals surface area contributed by atoms with Gasteiger partial charge in [-0.05, 0) is 18.9 Å². The van der Waals surface area contributed by atoms with Crippen molar-refractivity contribution in [3.05, 3.63) is 24.3 Å². The summed E-state index contributed by atoms with van der Waals surface area (Å²) < 4.78 is 2.00. The summed E-state index contributed by atoms with van der Waals surface area (Å²) in [5, 5.41) is 9.67. The molecule has 1 aliphatic rings. The quantitative estimate of drug-likeness (QED) is 0.933. The van der Waals surface area contributed by atoms with Crippen molar-refractivity contribution in [1.82, 2.24) is 14.5 Å². The molecule has 2 heterocycles. The largest absolute Gasteiger partial charge is 0.481 e. The smallest absolute Gasteiger partial charge is 0.310 e. The topological polar surface area (TPSA) is 68.0 Å². The second-order valence-corrected chi connectivity index (χ2v) is 5.77. The molecule has 2 aromatic heterocycles. The van der Waals surface area contributed by atoms with Gasteiger partial charge >= 0.3 is 5.97 Å². The highest BCUT2D eigenvalue weighted by atomic mass is 16.4. The predicted octanol–water partition coefficient (Wildman–Crippen LogP) is 2.55. The molecule has 20 heavy (non-hydrogen) atoms. The molecule has 1 aliphatic carbocycles. The number of aliphatic carboxylic acids is 1. The lowest BCUT2D eigenvalue weighted by Crippen LogP contribution is -2.36. The van der Waals surface area contributed by atoms with Crippen LogP contribution in [0.3, 0.4) is 0 Å². The van der Waals surface area contributed by atoms with E-state index in [0.717, 1.165) is 49.0 Å². The van der Waals surface area contributed by atoms with Gasteiger partial charge in [0.2, 0.25) is 0 Å². The summed E-state index contributed by atoms with van der Waals surface area (Å²) in [7, 11) is 1.95. The molecule has 1 fully saturated rings. The fraction of sp³-hybridized carbons (Fsp3) is 0.533. The minimum absolute atomic E-state index is 0.507. The van der Waals surface area contributed by atoms with Crippen LogP contribution in [0.2, 0.25) is 0 Å². The van der Waals surface area contributed by atoms with Gasteiger partial charge in [0.25, 0.3) is 0 Å². The normalized spacial score (nSPS) is 18.2. The molecule has 0 spiro atoms. The molecule has 0 atom stereocenters. The molecule has 0 aliphatic heterocycles. The SMILES string of the molecule is Cn1c(CC2(C(=O)O)CCCCC2)nc2cnccc21. The van der Waals surface area contributed by atoms with Crippen molar-refractivity contribution in [3.8, 4) is 0 Å². The first kappa shape index (κ1) is 13.1. The fourth-order valence-corrected chi connectivity index (χ4v) is 3.26. The molecule has 106 valence electrons. The molecular formula is C15H19N3O2. The van der Waals surface area contributed by atoms with Gasteiger partial charge in [-0.25, -0.2) is 4.98 Å². The molecule has 2 aromatic rings. The number of fused-ring (bicyclic) bond motifs is 1. The van der Waals surface area contributed by atoms with Gasteiger partial charge < -0.3 is 9.67 Å². The summed E-state index contributed by atoms with van der Waals surface area (Å²) in [6, 6.07) is 1.92. The molecular weight excluding hydrogens is 254 g/mol. The lowest BCUT2D eigenvalue weighted by atomic mass is 9.71. The summed E-state index contributed by atoms with van der Waals surface area (Å²) in [6.45, 7) is 0. The van der Waals surface area contributed by atoms with E-state index in [-0.39, 0.29) is 0 Å². The van der Waals surface area contributed by atoms with Crippen LogP contribution in [-0.2, 0) is 18.3 Å². The summed E-state index contributed by atoms with van der Waals surface area (Å²) in [5.41, 5.74) is 1.20. The maximum atomic E-state index is 11.8. The Morgan fingerprint density at radius 3 is 2.80 bits per heavy atom. The van der Waals surface area contributed by atoms with Crippen molar-refractivity contribution in [1.29, 1.82) is 0 Å². The third-order valence-corrected chi connectivity index (χ3v) is 4.54. The van der Waals surface area contributed by atoms with Crippen molar-refractivity contribution in [2.45, 2.75) is 38.5 Å². The summed E-state index contributed by atoms with van der Waals surface area (Å²) in [4.78, 5) is 20.4. The highest BCUT2D eigenvalue weighted by Crippen LogP contribution is 2.39. The van der Waals surface area contributed by atoms with E-state index in [1.54, 1.807) is 12.4 Å². The van der Waals surface area contributed by atoms with E-state index in [0.29, 0.717) is 6.42 Å². The van der Waals surface area contributed by atoms with Crippen molar-refractivity contribution >= 4 is 17.0 Å². The van der Waals surface area contributed by atoms with Crippen molar-refractivity contribution < 1.29 is 9.90 Å². The maximum absolute atomic E-state index is 11.8. The Bertz CT molecular complexity index is 642. The average Bonchev–Trinajstić information content (AvgIpc) is 2.77. The first-order valence-corrected chi connectivity index (χ1v) is 7.11. The molecule has 5 heteroatoms. The van der Waals surface area contributed by atoms with Gasteiger partial charge in [-0.15, -0.1) is 0 Å². The molecule has 0 saturated heterocycles. The lowest BCUT2D eigenvalue weighted by Gasteiger charge is -2.32. The molecule has 0 bridgehead atoms. The van der Waals surface area contributed by atoms with E-state index in [2.05, 4.69) is 9.97 Å². The molecule has 0 amide bonds.